The maximum absolute atomic E-state index is 11.5. The monoisotopic (exact) mass is 299 g/mol. The highest BCUT2D eigenvalue weighted by Crippen LogP contribution is 2.39. The van der Waals surface area contributed by atoms with Crippen LogP contribution in [0.5, 0.6) is 11.5 Å². The molecule has 0 fully saturated rings. The largest absolute Gasteiger partial charge is 0.493 e. The third-order valence-corrected chi connectivity index (χ3v) is 3.51. The van der Waals surface area contributed by atoms with Crippen LogP contribution in [0.3, 0.4) is 0 Å². The number of ether oxygens (including phenoxy) is 2. The summed E-state index contributed by atoms with van der Waals surface area (Å²) in [6.07, 6.45) is 0.477. The van der Waals surface area contributed by atoms with E-state index in [-0.39, 0.29) is 5.91 Å². The number of benzene rings is 2. The van der Waals surface area contributed by atoms with E-state index >= 15 is 0 Å². The van der Waals surface area contributed by atoms with Gasteiger partial charge in [-0.1, -0.05) is 43.3 Å². The van der Waals surface area contributed by atoms with Gasteiger partial charge in [0, 0.05) is 18.5 Å². The van der Waals surface area contributed by atoms with Crippen molar-refractivity contribution in [3.63, 3.8) is 0 Å². The second kappa shape index (κ2) is 7.50. The van der Waals surface area contributed by atoms with Crippen molar-refractivity contribution in [3.8, 4) is 22.6 Å². The summed E-state index contributed by atoms with van der Waals surface area (Å²) in [7, 11) is 3.25. The molecule has 0 unspecified atom stereocenters. The Morgan fingerprint density at radius 1 is 1.00 bits per heavy atom. The molecule has 22 heavy (non-hydrogen) atoms. The lowest BCUT2D eigenvalue weighted by Gasteiger charge is -2.16. The van der Waals surface area contributed by atoms with Crippen molar-refractivity contribution in [3.05, 3.63) is 48.0 Å². The SMILES string of the molecule is CCC(=O)NCc1ccccc1-c1cccc(OC)c1OC. The van der Waals surface area contributed by atoms with E-state index in [1.165, 1.54) is 0 Å². The number of para-hydroxylation sites is 1. The number of nitrogens with one attached hydrogen (secondary N) is 1. The molecule has 0 radical (unpaired) electrons. The molecule has 4 nitrogen and oxygen atoms in total. The zero-order valence-corrected chi connectivity index (χ0v) is 13.2. The predicted molar refractivity (Wildman–Crippen MR) is 87.1 cm³/mol. The molecule has 0 bridgehead atoms. The Bertz CT molecular complexity index is 653. The molecule has 2 aromatic rings. The van der Waals surface area contributed by atoms with E-state index in [4.69, 9.17) is 9.47 Å². The van der Waals surface area contributed by atoms with Crippen LogP contribution in [-0.2, 0) is 11.3 Å². The van der Waals surface area contributed by atoms with E-state index in [2.05, 4.69) is 5.32 Å². The molecule has 0 saturated heterocycles. The molecule has 4 heteroatoms. The van der Waals surface area contributed by atoms with Gasteiger partial charge in [-0.15, -0.1) is 0 Å². The van der Waals surface area contributed by atoms with Crippen LogP contribution in [0.2, 0.25) is 0 Å². The van der Waals surface area contributed by atoms with Gasteiger partial charge in [-0.3, -0.25) is 4.79 Å². The average molecular weight is 299 g/mol. The first-order chi connectivity index (χ1) is 10.7. The van der Waals surface area contributed by atoms with Crippen molar-refractivity contribution in [2.24, 2.45) is 0 Å². The van der Waals surface area contributed by atoms with Crippen LogP contribution in [0, 0.1) is 0 Å². The van der Waals surface area contributed by atoms with Crippen LogP contribution in [-0.4, -0.2) is 20.1 Å². The van der Waals surface area contributed by atoms with E-state index in [0.29, 0.717) is 24.5 Å². The molecule has 2 aromatic carbocycles. The maximum Gasteiger partial charge on any atom is 0.219 e. The summed E-state index contributed by atoms with van der Waals surface area (Å²) in [5, 5.41) is 2.91. The molecule has 116 valence electrons. The summed E-state index contributed by atoms with van der Waals surface area (Å²) in [5.41, 5.74) is 3.01. The van der Waals surface area contributed by atoms with E-state index < -0.39 is 0 Å². The first kappa shape index (κ1) is 15.9. The van der Waals surface area contributed by atoms with E-state index in [9.17, 15) is 4.79 Å². The minimum Gasteiger partial charge on any atom is -0.493 e. The van der Waals surface area contributed by atoms with E-state index in [0.717, 1.165) is 16.7 Å². The molecule has 0 aromatic heterocycles. The normalized spacial score (nSPS) is 10.1. The fourth-order valence-corrected chi connectivity index (χ4v) is 2.36. The van der Waals surface area contributed by atoms with Gasteiger partial charge < -0.3 is 14.8 Å². The van der Waals surface area contributed by atoms with Gasteiger partial charge in [-0.25, -0.2) is 0 Å². The lowest BCUT2D eigenvalue weighted by molar-refractivity contribution is -0.120. The minimum atomic E-state index is 0.0346. The number of hydrogen-bond acceptors (Lipinski definition) is 3. The Labute approximate surface area is 131 Å². The van der Waals surface area contributed by atoms with Gasteiger partial charge in [0.2, 0.25) is 5.91 Å². The summed E-state index contributed by atoms with van der Waals surface area (Å²) in [4.78, 5) is 11.5. The number of amides is 1. The van der Waals surface area contributed by atoms with Crippen molar-refractivity contribution in [2.75, 3.05) is 14.2 Å². The van der Waals surface area contributed by atoms with Crippen LogP contribution < -0.4 is 14.8 Å². The van der Waals surface area contributed by atoms with Gasteiger partial charge in [-0.05, 0) is 17.2 Å². The fourth-order valence-electron chi connectivity index (χ4n) is 2.36. The summed E-state index contributed by atoms with van der Waals surface area (Å²) in [5.74, 6) is 1.42. The summed E-state index contributed by atoms with van der Waals surface area (Å²) < 4.78 is 10.9. The van der Waals surface area contributed by atoms with Crippen LogP contribution >= 0.6 is 0 Å². The summed E-state index contributed by atoms with van der Waals surface area (Å²) >= 11 is 0. The minimum absolute atomic E-state index is 0.0346. The summed E-state index contributed by atoms with van der Waals surface area (Å²) in [6, 6.07) is 13.7. The van der Waals surface area contributed by atoms with Gasteiger partial charge >= 0.3 is 0 Å². The molecular formula is C18H21NO3. The molecule has 1 N–H and O–H groups in total. The first-order valence-electron chi connectivity index (χ1n) is 7.27. The van der Waals surface area contributed by atoms with Crippen molar-refractivity contribution >= 4 is 5.91 Å². The molecular weight excluding hydrogens is 278 g/mol. The third-order valence-electron chi connectivity index (χ3n) is 3.51. The molecule has 0 aliphatic rings. The predicted octanol–water partition coefficient (Wildman–Crippen LogP) is 3.40. The number of rotatable bonds is 6. The Morgan fingerprint density at radius 2 is 1.73 bits per heavy atom. The Kier molecular flexibility index (Phi) is 5.42. The Balaban J connectivity index is 2.43. The van der Waals surface area contributed by atoms with E-state index in [1.807, 2.05) is 49.4 Å². The fraction of sp³-hybridized carbons (Fsp3) is 0.278. The van der Waals surface area contributed by atoms with Crippen LogP contribution in [0.25, 0.3) is 11.1 Å². The topological polar surface area (TPSA) is 47.6 Å². The third kappa shape index (κ3) is 3.39. The average Bonchev–Trinajstić information content (AvgIpc) is 2.58. The van der Waals surface area contributed by atoms with Crippen LogP contribution in [0.1, 0.15) is 18.9 Å². The van der Waals surface area contributed by atoms with Gasteiger partial charge in [0.1, 0.15) is 0 Å². The zero-order valence-electron chi connectivity index (χ0n) is 13.2. The van der Waals surface area contributed by atoms with Crippen molar-refractivity contribution in [1.82, 2.24) is 5.32 Å². The van der Waals surface area contributed by atoms with Gasteiger partial charge in [0.05, 0.1) is 14.2 Å². The lowest BCUT2D eigenvalue weighted by Crippen LogP contribution is -2.21. The molecule has 0 saturated carbocycles. The smallest absolute Gasteiger partial charge is 0.219 e. The Hall–Kier alpha value is -2.49. The second-order valence-electron chi connectivity index (χ2n) is 4.83. The molecule has 0 heterocycles. The highest BCUT2D eigenvalue weighted by Gasteiger charge is 2.14. The number of carbonyl (C=O) groups excluding carboxylic acids is 1. The lowest BCUT2D eigenvalue weighted by atomic mass is 9.98. The molecule has 0 spiro atoms. The molecule has 1 amide bonds. The van der Waals surface area contributed by atoms with Crippen molar-refractivity contribution in [1.29, 1.82) is 0 Å². The molecule has 0 aliphatic carbocycles. The molecule has 0 aliphatic heterocycles. The second-order valence-corrected chi connectivity index (χ2v) is 4.83. The zero-order chi connectivity index (χ0) is 15.9. The highest BCUT2D eigenvalue weighted by molar-refractivity contribution is 5.78. The van der Waals surface area contributed by atoms with Gasteiger partial charge in [0.25, 0.3) is 0 Å². The number of methoxy groups -OCH3 is 2. The van der Waals surface area contributed by atoms with Crippen LogP contribution in [0.4, 0.5) is 0 Å². The quantitative estimate of drug-likeness (QED) is 0.889. The number of carbonyl (C=O) groups is 1. The molecule has 0 atom stereocenters. The number of hydrogen-bond donors (Lipinski definition) is 1. The maximum atomic E-state index is 11.5. The van der Waals surface area contributed by atoms with Gasteiger partial charge in [-0.2, -0.15) is 0 Å². The Morgan fingerprint density at radius 3 is 2.41 bits per heavy atom. The van der Waals surface area contributed by atoms with E-state index in [1.54, 1.807) is 14.2 Å². The van der Waals surface area contributed by atoms with Crippen molar-refractivity contribution < 1.29 is 14.3 Å². The first-order valence-corrected chi connectivity index (χ1v) is 7.27. The molecule has 2 rings (SSSR count). The summed E-state index contributed by atoms with van der Waals surface area (Å²) in [6.45, 7) is 2.33. The van der Waals surface area contributed by atoms with Crippen molar-refractivity contribution in [2.45, 2.75) is 19.9 Å². The standard InChI is InChI=1S/C18H21NO3/c1-4-17(20)19-12-13-8-5-6-9-14(13)15-10-7-11-16(21-2)18(15)22-3/h5-11H,4,12H2,1-3H3,(H,19,20). The highest BCUT2D eigenvalue weighted by atomic mass is 16.5. The van der Waals surface area contributed by atoms with Gasteiger partial charge in [0.15, 0.2) is 11.5 Å². The van der Waals surface area contributed by atoms with Crippen LogP contribution in [0.15, 0.2) is 42.5 Å².